The number of allylic oxidation sites excluding steroid dienone is 4. The second kappa shape index (κ2) is 10.5. The highest BCUT2D eigenvalue weighted by Gasteiger charge is 2.45. The molecule has 2 aromatic carbocycles. The number of aromatic nitrogens is 1. The lowest BCUT2D eigenvalue weighted by Crippen LogP contribution is -2.28. The van der Waals surface area contributed by atoms with Crippen molar-refractivity contribution < 1.29 is 14.5 Å². The molecule has 4 aliphatic rings. The molecule has 0 saturated heterocycles. The largest absolute Gasteiger partial charge is 0.506 e. The maximum Gasteiger partial charge on any atom is 0.221 e. The number of rotatable bonds is 7. The van der Waals surface area contributed by atoms with Gasteiger partial charge in [0.05, 0.1) is 11.3 Å². The number of fused-ring (bicyclic) bond motifs is 2. The fourth-order valence-electron chi connectivity index (χ4n) is 6.79. The summed E-state index contributed by atoms with van der Waals surface area (Å²) < 4.78 is 6.75. The van der Waals surface area contributed by atoms with Crippen LogP contribution >= 0.6 is 31.9 Å². The number of carbonyl (C=O) groups excluding carboxylic acids is 1. The van der Waals surface area contributed by atoms with Gasteiger partial charge in [-0.3, -0.25) is 4.79 Å². The fraction of sp³-hybridized carbons (Fsp3) is 0.294. The van der Waals surface area contributed by atoms with E-state index in [0.717, 1.165) is 84.8 Å². The van der Waals surface area contributed by atoms with E-state index in [0.29, 0.717) is 11.1 Å². The van der Waals surface area contributed by atoms with Gasteiger partial charge in [-0.05, 0) is 85.5 Å². The van der Waals surface area contributed by atoms with E-state index in [-0.39, 0.29) is 11.5 Å². The van der Waals surface area contributed by atoms with Gasteiger partial charge in [-0.15, -0.1) is 0 Å². The molecule has 0 spiro atoms. The molecule has 1 saturated carbocycles. The Bertz CT molecular complexity index is 1670. The average Bonchev–Trinajstić information content (AvgIpc) is 3.72. The zero-order chi connectivity index (χ0) is 27.4. The molecule has 0 unspecified atom stereocenters. The van der Waals surface area contributed by atoms with Crippen molar-refractivity contribution in [2.75, 3.05) is 6.54 Å². The summed E-state index contributed by atoms with van der Waals surface area (Å²) in [6, 6.07) is 19.0. The van der Waals surface area contributed by atoms with Crippen LogP contribution in [-0.4, -0.2) is 32.3 Å². The van der Waals surface area contributed by atoms with Gasteiger partial charge in [0.1, 0.15) is 11.3 Å². The lowest BCUT2D eigenvalue weighted by atomic mass is 9.84. The number of ketones is 1. The van der Waals surface area contributed by atoms with Gasteiger partial charge in [-0.2, -0.15) is 4.58 Å². The van der Waals surface area contributed by atoms with Gasteiger partial charge in [0.15, 0.2) is 12.3 Å². The molecular weight excluding hydrogens is 628 g/mol. The molecular formula is C34H31Br2N2O2+. The Kier molecular flexibility index (Phi) is 6.79. The third-order valence-electron chi connectivity index (χ3n) is 8.83. The van der Waals surface area contributed by atoms with Crippen LogP contribution in [0.4, 0.5) is 0 Å². The van der Waals surface area contributed by atoms with Crippen molar-refractivity contribution in [1.82, 2.24) is 4.57 Å². The van der Waals surface area contributed by atoms with Gasteiger partial charge < -0.3 is 9.67 Å². The Morgan fingerprint density at radius 2 is 1.50 bits per heavy atom. The first-order valence-corrected chi connectivity index (χ1v) is 15.8. The van der Waals surface area contributed by atoms with Crippen LogP contribution in [0.1, 0.15) is 53.8 Å². The second-order valence-corrected chi connectivity index (χ2v) is 13.0. The number of aliphatic hydroxyl groups is 1. The molecule has 7 rings (SSSR count). The number of benzene rings is 2. The molecule has 3 aromatic rings. The molecule has 0 atom stereocenters. The molecule has 3 aliphatic carbocycles. The molecule has 4 nitrogen and oxygen atoms in total. The van der Waals surface area contributed by atoms with E-state index in [1.165, 1.54) is 33.7 Å². The fourth-order valence-corrected chi connectivity index (χ4v) is 7.32. The Balaban J connectivity index is 1.22. The molecule has 1 aromatic heterocycles. The van der Waals surface area contributed by atoms with Crippen molar-refractivity contribution in [3.8, 4) is 0 Å². The van der Waals surface area contributed by atoms with E-state index in [1.807, 2.05) is 0 Å². The Labute approximate surface area is 251 Å². The molecule has 40 heavy (non-hydrogen) atoms. The van der Waals surface area contributed by atoms with Crippen LogP contribution in [0.3, 0.4) is 0 Å². The highest BCUT2D eigenvalue weighted by atomic mass is 79.9. The summed E-state index contributed by atoms with van der Waals surface area (Å²) in [5, 5.41) is 11.5. The first-order chi connectivity index (χ1) is 19.5. The van der Waals surface area contributed by atoms with Crippen molar-refractivity contribution in [1.29, 1.82) is 0 Å². The number of hydrogen-bond donors (Lipinski definition) is 1. The molecule has 0 amide bonds. The zero-order valence-electron chi connectivity index (χ0n) is 22.4. The molecule has 6 heteroatoms. The van der Waals surface area contributed by atoms with Crippen LogP contribution in [0.5, 0.6) is 0 Å². The predicted molar refractivity (Wildman–Crippen MR) is 166 cm³/mol. The van der Waals surface area contributed by atoms with Crippen molar-refractivity contribution in [2.45, 2.75) is 57.9 Å². The standard InChI is InChI=1S/C34H30Br2N2O2/c35-25-11-7-21(8-12-25)15-17-37-27-5-1-3-23(27)19-29(37)31-33(39)32(34(31)40)30-20-24-4-2-6-28(24)38(30)18-16-22-9-13-26(36)14-10-22/h7-14,19-20H,1-6,15-18H2/p+1. The number of Topliss-reactive ketones (excluding diaryl/α,β-unsaturated/α-hetero) is 1. The number of nitrogens with zero attached hydrogens (tertiary/aromatic N) is 2. The highest BCUT2D eigenvalue weighted by molar-refractivity contribution is 9.10. The van der Waals surface area contributed by atoms with Crippen LogP contribution in [0.25, 0.3) is 5.57 Å². The predicted octanol–water partition coefficient (Wildman–Crippen LogP) is 7.67. The van der Waals surface area contributed by atoms with E-state index in [4.69, 9.17) is 0 Å². The first-order valence-electron chi connectivity index (χ1n) is 14.3. The third kappa shape index (κ3) is 4.50. The summed E-state index contributed by atoms with van der Waals surface area (Å²) >= 11 is 7.04. The van der Waals surface area contributed by atoms with Crippen LogP contribution in [0.15, 0.2) is 92.2 Å². The molecule has 1 fully saturated rings. The Hall–Kier alpha value is -2.96. The average molecular weight is 659 g/mol. The topological polar surface area (TPSA) is 45.2 Å². The Morgan fingerprint density at radius 3 is 2.20 bits per heavy atom. The van der Waals surface area contributed by atoms with Crippen LogP contribution in [0, 0.1) is 0 Å². The maximum atomic E-state index is 13.9. The monoisotopic (exact) mass is 657 g/mol. The van der Waals surface area contributed by atoms with Gasteiger partial charge in [0.2, 0.25) is 11.5 Å². The molecule has 1 aliphatic heterocycles. The van der Waals surface area contributed by atoms with Gasteiger partial charge in [0, 0.05) is 45.7 Å². The number of halogens is 2. The van der Waals surface area contributed by atoms with Crippen molar-refractivity contribution in [3.05, 3.63) is 120 Å². The first kappa shape index (κ1) is 26.0. The van der Waals surface area contributed by atoms with E-state index in [2.05, 4.69) is 102 Å². The van der Waals surface area contributed by atoms with Crippen LogP contribution < -0.4 is 0 Å². The summed E-state index contributed by atoms with van der Waals surface area (Å²) in [7, 11) is 0. The quantitative estimate of drug-likeness (QED) is 0.209. The van der Waals surface area contributed by atoms with E-state index in [9.17, 15) is 9.90 Å². The summed E-state index contributed by atoms with van der Waals surface area (Å²) in [6.07, 6.45) is 10.4. The van der Waals surface area contributed by atoms with Gasteiger partial charge >= 0.3 is 0 Å². The van der Waals surface area contributed by atoms with Crippen molar-refractivity contribution in [3.63, 3.8) is 0 Å². The minimum atomic E-state index is -0.0281. The normalized spacial score (nSPS) is 19.9. The van der Waals surface area contributed by atoms with Crippen LogP contribution in [0.2, 0.25) is 0 Å². The van der Waals surface area contributed by atoms with E-state index >= 15 is 0 Å². The highest BCUT2D eigenvalue weighted by Crippen LogP contribution is 2.43. The van der Waals surface area contributed by atoms with Crippen LogP contribution in [-0.2, 0) is 37.0 Å². The molecule has 0 bridgehead atoms. The van der Waals surface area contributed by atoms with Crippen molar-refractivity contribution in [2.24, 2.45) is 0 Å². The number of carbonyl (C=O) groups is 1. The number of hydrogen-bond acceptors (Lipinski definition) is 2. The lowest BCUT2D eigenvalue weighted by Gasteiger charge is -2.23. The number of aryl methyl sites for hydroxylation is 2. The Morgan fingerprint density at radius 1 is 0.825 bits per heavy atom. The molecule has 202 valence electrons. The number of aliphatic hydroxyl groups excluding tert-OH is 1. The minimum absolute atomic E-state index is 0.0281. The maximum absolute atomic E-state index is 13.9. The second-order valence-electron chi connectivity index (χ2n) is 11.2. The van der Waals surface area contributed by atoms with Gasteiger partial charge in [-0.1, -0.05) is 56.1 Å². The summed E-state index contributed by atoms with van der Waals surface area (Å²) in [5.41, 5.74) is 10.6. The van der Waals surface area contributed by atoms with Gasteiger partial charge in [0.25, 0.3) is 0 Å². The minimum Gasteiger partial charge on any atom is -0.506 e. The van der Waals surface area contributed by atoms with Crippen molar-refractivity contribution >= 4 is 48.9 Å². The third-order valence-corrected chi connectivity index (χ3v) is 9.89. The smallest absolute Gasteiger partial charge is 0.221 e. The molecule has 0 radical (unpaired) electrons. The summed E-state index contributed by atoms with van der Waals surface area (Å²) in [5.74, 6) is 0.131. The SMILES string of the molecule is O=C1C(c2cc3c(n2CCc2ccc(Br)cc2)CCC3)=C(O)/C1=C1\C=C2CCCC2=[N+]1CCc1ccc(Br)cc1. The zero-order valence-corrected chi connectivity index (χ0v) is 25.5. The molecule has 2 heterocycles. The summed E-state index contributed by atoms with van der Waals surface area (Å²) in [4.78, 5) is 13.9. The van der Waals surface area contributed by atoms with E-state index in [1.54, 1.807) is 0 Å². The van der Waals surface area contributed by atoms with E-state index < -0.39 is 0 Å². The molecule has 1 N–H and O–H groups in total. The van der Waals surface area contributed by atoms with Gasteiger partial charge in [-0.25, -0.2) is 0 Å². The summed E-state index contributed by atoms with van der Waals surface area (Å²) in [6.45, 7) is 1.59. The lowest BCUT2D eigenvalue weighted by molar-refractivity contribution is -0.469.